The molecule has 122 valence electrons. The third-order valence-corrected chi connectivity index (χ3v) is 5.23. The normalized spacial score (nSPS) is 17.2. The van der Waals surface area contributed by atoms with Crippen LogP contribution in [0, 0.1) is 0 Å². The molecule has 1 amide bonds. The van der Waals surface area contributed by atoms with E-state index >= 15 is 0 Å². The van der Waals surface area contributed by atoms with Crippen molar-refractivity contribution < 1.29 is 13.2 Å². The number of piperidine rings is 1. The summed E-state index contributed by atoms with van der Waals surface area (Å²) in [5.74, 6) is -0.222. The van der Waals surface area contributed by atoms with Crippen LogP contribution in [-0.4, -0.2) is 58.7 Å². The van der Waals surface area contributed by atoms with E-state index in [1.165, 1.54) is 7.05 Å². The van der Waals surface area contributed by atoms with Crippen LogP contribution in [0.1, 0.15) is 23.2 Å². The Morgan fingerprint density at radius 1 is 1.27 bits per heavy atom. The topological polar surface area (TPSA) is 69.7 Å². The maximum atomic E-state index is 12.5. The van der Waals surface area contributed by atoms with Crippen molar-refractivity contribution in [3.8, 4) is 0 Å². The summed E-state index contributed by atoms with van der Waals surface area (Å²) in [7, 11) is 0.114. The zero-order valence-electron chi connectivity index (χ0n) is 13.2. The molecule has 0 bridgehead atoms. The Bertz CT molecular complexity index is 637. The molecule has 0 unspecified atom stereocenters. The lowest BCUT2D eigenvalue weighted by molar-refractivity contribution is 0.0917. The van der Waals surface area contributed by atoms with Gasteiger partial charge in [-0.3, -0.25) is 9.10 Å². The van der Waals surface area contributed by atoms with Gasteiger partial charge in [-0.15, -0.1) is 0 Å². The number of nitrogens with one attached hydrogen (secondary N) is 1. The first-order chi connectivity index (χ1) is 10.3. The number of para-hydroxylation sites is 1. The lowest BCUT2D eigenvalue weighted by atomic mass is 10.0. The average molecular weight is 325 g/mol. The maximum Gasteiger partial charge on any atom is 0.253 e. The molecule has 1 aliphatic heterocycles. The quantitative estimate of drug-likeness (QED) is 0.893. The van der Waals surface area contributed by atoms with Crippen LogP contribution in [0.2, 0.25) is 0 Å². The molecule has 7 heteroatoms. The summed E-state index contributed by atoms with van der Waals surface area (Å²) in [5.41, 5.74) is 0.782. The Hall–Kier alpha value is -1.60. The molecule has 22 heavy (non-hydrogen) atoms. The van der Waals surface area contributed by atoms with Crippen molar-refractivity contribution in [2.24, 2.45) is 0 Å². The van der Waals surface area contributed by atoms with Crippen molar-refractivity contribution in [1.29, 1.82) is 0 Å². The number of likely N-dealkylation sites (tertiary alicyclic amines) is 1. The van der Waals surface area contributed by atoms with E-state index in [9.17, 15) is 13.2 Å². The second-order valence-corrected chi connectivity index (χ2v) is 7.81. The molecule has 0 aliphatic carbocycles. The summed E-state index contributed by atoms with van der Waals surface area (Å²) in [6, 6.07) is 6.90. The molecule has 1 fully saturated rings. The second-order valence-electron chi connectivity index (χ2n) is 5.80. The van der Waals surface area contributed by atoms with E-state index in [1.807, 2.05) is 0 Å². The number of sulfonamides is 1. The first-order valence-electron chi connectivity index (χ1n) is 7.31. The summed E-state index contributed by atoms with van der Waals surface area (Å²) < 4.78 is 24.6. The zero-order chi connectivity index (χ0) is 16.3. The van der Waals surface area contributed by atoms with E-state index in [2.05, 4.69) is 17.3 Å². The van der Waals surface area contributed by atoms with Gasteiger partial charge in [0.2, 0.25) is 10.0 Å². The minimum atomic E-state index is -3.41. The predicted molar refractivity (Wildman–Crippen MR) is 87.7 cm³/mol. The molecule has 6 nitrogen and oxygen atoms in total. The fourth-order valence-electron chi connectivity index (χ4n) is 2.53. The van der Waals surface area contributed by atoms with Crippen molar-refractivity contribution in [3.63, 3.8) is 0 Å². The Kier molecular flexibility index (Phi) is 5.08. The lowest BCUT2D eigenvalue weighted by Crippen LogP contribution is -2.43. The molecular weight excluding hydrogens is 302 g/mol. The van der Waals surface area contributed by atoms with Crippen LogP contribution in [0.25, 0.3) is 0 Å². The number of amides is 1. The third kappa shape index (κ3) is 3.98. The summed E-state index contributed by atoms with van der Waals surface area (Å²) in [5, 5.41) is 3.02. The summed E-state index contributed by atoms with van der Waals surface area (Å²) >= 11 is 0. The van der Waals surface area contributed by atoms with Gasteiger partial charge in [0.15, 0.2) is 0 Å². The maximum absolute atomic E-state index is 12.5. The van der Waals surface area contributed by atoms with Gasteiger partial charge in [-0.25, -0.2) is 8.42 Å². The number of anilines is 1. The van der Waals surface area contributed by atoms with Crippen LogP contribution in [0.15, 0.2) is 24.3 Å². The van der Waals surface area contributed by atoms with E-state index in [-0.39, 0.29) is 11.9 Å². The van der Waals surface area contributed by atoms with Gasteiger partial charge >= 0.3 is 0 Å². The number of rotatable bonds is 4. The number of carbonyl (C=O) groups excluding carboxylic acids is 1. The Labute approximate surface area is 132 Å². The predicted octanol–water partition coefficient (Wildman–Crippen LogP) is 0.906. The van der Waals surface area contributed by atoms with Gasteiger partial charge in [0.1, 0.15) is 0 Å². The van der Waals surface area contributed by atoms with Crippen molar-refractivity contribution in [1.82, 2.24) is 10.2 Å². The molecule has 1 aliphatic rings. The third-order valence-electron chi connectivity index (χ3n) is 4.04. The van der Waals surface area contributed by atoms with E-state index in [0.29, 0.717) is 11.3 Å². The van der Waals surface area contributed by atoms with Gasteiger partial charge in [0.05, 0.1) is 17.5 Å². The molecule has 0 radical (unpaired) electrons. The fourth-order valence-corrected chi connectivity index (χ4v) is 3.05. The Morgan fingerprint density at radius 3 is 2.45 bits per heavy atom. The second kappa shape index (κ2) is 6.66. The van der Waals surface area contributed by atoms with Crippen LogP contribution in [0.3, 0.4) is 0 Å². The first-order valence-corrected chi connectivity index (χ1v) is 9.16. The number of benzene rings is 1. The molecule has 1 saturated heterocycles. The average Bonchev–Trinajstić information content (AvgIpc) is 2.48. The molecule has 0 aromatic heterocycles. The SMILES string of the molecule is CN1CCC(NC(=O)c2ccccc2N(C)S(C)(=O)=O)CC1. The van der Waals surface area contributed by atoms with Gasteiger partial charge in [0, 0.05) is 13.1 Å². The van der Waals surface area contributed by atoms with E-state index < -0.39 is 10.0 Å². The van der Waals surface area contributed by atoms with Gasteiger partial charge in [-0.2, -0.15) is 0 Å². The minimum Gasteiger partial charge on any atom is -0.349 e. The van der Waals surface area contributed by atoms with Gasteiger partial charge in [-0.05, 0) is 45.1 Å². The largest absolute Gasteiger partial charge is 0.349 e. The van der Waals surface area contributed by atoms with E-state index in [1.54, 1.807) is 24.3 Å². The van der Waals surface area contributed by atoms with Crippen molar-refractivity contribution >= 4 is 21.6 Å². The highest BCUT2D eigenvalue weighted by atomic mass is 32.2. The van der Waals surface area contributed by atoms with Crippen molar-refractivity contribution in [3.05, 3.63) is 29.8 Å². The molecule has 1 heterocycles. The summed E-state index contributed by atoms with van der Waals surface area (Å²) in [6.07, 6.45) is 2.94. The lowest BCUT2D eigenvalue weighted by Gasteiger charge is -2.30. The Morgan fingerprint density at radius 2 is 1.86 bits per heavy atom. The number of hydrogen-bond acceptors (Lipinski definition) is 4. The van der Waals surface area contributed by atoms with Crippen molar-refractivity contribution in [2.75, 3.05) is 37.7 Å². The fraction of sp³-hybridized carbons (Fsp3) is 0.533. The molecule has 0 atom stereocenters. The van der Waals surface area contributed by atoms with Gasteiger partial charge < -0.3 is 10.2 Å². The zero-order valence-corrected chi connectivity index (χ0v) is 14.1. The highest BCUT2D eigenvalue weighted by molar-refractivity contribution is 7.92. The minimum absolute atomic E-state index is 0.139. The van der Waals surface area contributed by atoms with E-state index in [4.69, 9.17) is 0 Å². The van der Waals surface area contributed by atoms with Crippen LogP contribution < -0.4 is 9.62 Å². The highest BCUT2D eigenvalue weighted by Gasteiger charge is 2.23. The molecule has 2 rings (SSSR count). The van der Waals surface area contributed by atoms with Gasteiger partial charge in [0.25, 0.3) is 5.91 Å². The molecule has 0 spiro atoms. The van der Waals surface area contributed by atoms with Gasteiger partial charge in [-0.1, -0.05) is 12.1 Å². The monoisotopic (exact) mass is 325 g/mol. The van der Waals surface area contributed by atoms with Crippen LogP contribution in [0.5, 0.6) is 0 Å². The number of carbonyl (C=O) groups is 1. The Balaban J connectivity index is 2.16. The highest BCUT2D eigenvalue weighted by Crippen LogP contribution is 2.22. The first kappa shape index (κ1) is 16.8. The smallest absolute Gasteiger partial charge is 0.253 e. The molecule has 1 aromatic carbocycles. The molecular formula is C15H23N3O3S. The molecule has 1 aromatic rings. The molecule has 0 saturated carbocycles. The van der Waals surface area contributed by atoms with Crippen molar-refractivity contribution in [2.45, 2.75) is 18.9 Å². The van der Waals surface area contributed by atoms with E-state index in [0.717, 1.165) is 36.5 Å². The summed E-state index contributed by atoms with van der Waals surface area (Å²) in [6.45, 7) is 1.91. The number of hydrogen-bond donors (Lipinski definition) is 1. The summed E-state index contributed by atoms with van der Waals surface area (Å²) in [4.78, 5) is 14.7. The standard InChI is InChI=1S/C15H23N3O3S/c1-17-10-8-12(9-11-17)16-15(19)13-6-4-5-7-14(13)18(2)22(3,20)21/h4-7,12H,8-11H2,1-3H3,(H,16,19). The molecule has 1 N–H and O–H groups in total. The van der Waals surface area contributed by atoms with Crippen LogP contribution >= 0.6 is 0 Å². The van der Waals surface area contributed by atoms with Crippen LogP contribution in [0.4, 0.5) is 5.69 Å². The van der Waals surface area contributed by atoms with Crippen LogP contribution in [-0.2, 0) is 10.0 Å². The number of nitrogens with zero attached hydrogens (tertiary/aromatic N) is 2.